The lowest BCUT2D eigenvalue weighted by atomic mass is 9.83. The molecule has 2 N–H and O–H groups in total. The second-order valence-corrected chi connectivity index (χ2v) is 7.53. The molecule has 0 heterocycles. The Kier molecular flexibility index (Phi) is 6.68. The van der Waals surface area contributed by atoms with E-state index in [9.17, 15) is 9.90 Å². The maximum absolute atomic E-state index is 12.5. The van der Waals surface area contributed by atoms with E-state index in [1.807, 2.05) is 59.0 Å². The summed E-state index contributed by atoms with van der Waals surface area (Å²) in [6.07, 6.45) is 4.91. The van der Waals surface area contributed by atoms with Crippen LogP contribution >= 0.6 is 0 Å². The molecule has 4 heteroatoms. The van der Waals surface area contributed by atoms with Gasteiger partial charge in [0.05, 0.1) is 6.10 Å². The molecule has 0 amide bonds. The van der Waals surface area contributed by atoms with Crippen molar-refractivity contribution in [2.24, 2.45) is 0 Å². The Balaban J connectivity index is 2.43. The number of rotatable bonds is 8. The Hall–Kier alpha value is -3.01. The lowest BCUT2D eigenvalue weighted by Gasteiger charge is -2.23. The number of nitrogens with one attached hydrogen (secondary N) is 1. The molecule has 0 aliphatic rings. The maximum Gasteiger partial charge on any atom is 0.185 e. The van der Waals surface area contributed by atoms with E-state index in [0.29, 0.717) is 16.9 Å². The monoisotopic (exact) mass is 379 g/mol. The molecule has 0 aliphatic heterocycles. The van der Waals surface area contributed by atoms with Crippen LogP contribution in [0.4, 0.5) is 5.69 Å². The van der Waals surface area contributed by atoms with Crippen LogP contribution in [0.2, 0.25) is 0 Å². The van der Waals surface area contributed by atoms with Gasteiger partial charge in [-0.2, -0.15) is 0 Å². The van der Waals surface area contributed by atoms with Gasteiger partial charge in [0.2, 0.25) is 0 Å². The van der Waals surface area contributed by atoms with Crippen molar-refractivity contribution in [1.82, 2.24) is 0 Å². The molecule has 0 saturated carbocycles. The van der Waals surface area contributed by atoms with Gasteiger partial charge in [0.25, 0.3) is 0 Å². The van der Waals surface area contributed by atoms with Gasteiger partial charge in [0.15, 0.2) is 17.3 Å². The number of carbonyl (C=O) groups excluding carboxylic acids is 1. The molecule has 2 rings (SSSR count). The van der Waals surface area contributed by atoms with Crippen LogP contribution in [-0.4, -0.2) is 24.0 Å². The van der Waals surface area contributed by atoms with Gasteiger partial charge in [-0.05, 0) is 68.0 Å². The highest BCUT2D eigenvalue weighted by Gasteiger charge is 2.21. The fraction of sp³-hybridized carbons (Fsp3) is 0.292. The molecule has 4 nitrogen and oxygen atoms in total. The number of phenols is 1. The van der Waals surface area contributed by atoms with Crippen molar-refractivity contribution in [3.05, 3.63) is 71.8 Å². The SMILES string of the molecule is C=CC(C)(C)c1cc(O)c(OC(C)C)c(C=CC(=O)c2ccc(NC)cc2)c1. The highest BCUT2D eigenvalue weighted by molar-refractivity contribution is 6.07. The highest BCUT2D eigenvalue weighted by atomic mass is 16.5. The van der Waals surface area contributed by atoms with Crippen molar-refractivity contribution < 1.29 is 14.6 Å². The highest BCUT2D eigenvalue weighted by Crippen LogP contribution is 2.38. The molecule has 0 fully saturated rings. The van der Waals surface area contributed by atoms with Gasteiger partial charge in [-0.15, -0.1) is 6.58 Å². The van der Waals surface area contributed by atoms with Gasteiger partial charge >= 0.3 is 0 Å². The van der Waals surface area contributed by atoms with Crippen molar-refractivity contribution in [2.45, 2.75) is 39.2 Å². The van der Waals surface area contributed by atoms with Crippen LogP contribution in [0, 0.1) is 0 Å². The lowest BCUT2D eigenvalue weighted by Crippen LogP contribution is -2.14. The Bertz CT molecular complexity index is 877. The third-order valence-corrected chi connectivity index (χ3v) is 4.58. The molecule has 28 heavy (non-hydrogen) atoms. The van der Waals surface area contributed by atoms with Crippen LogP contribution in [0.15, 0.2) is 55.1 Å². The number of ketones is 1. The number of hydrogen-bond donors (Lipinski definition) is 2. The Labute approximate surface area is 167 Å². The molecule has 2 aromatic carbocycles. The smallest absolute Gasteiger partial charge is 0.185 e. The van der Waals surface area contributed by atoms with Gasteiger partial charge in [0, 0.05) is 29.3 Å². The Morgan fingerprint density at radius 3 is 2.39 bits per heavy atom. The third-order valence-electron chi connectivity index (χ3n) is 4.58. The van der Waals surface area contributed by atoms with E-state index in [-0.39, 0.29) is 23.1 Å². The number of benzene rings is 2. The minimum absolute atomic E-state index is 0.0478. The molecular formula is C24H29NO3. The zero-order valence-corrected chi connectivity index (χ0v) is 17.2. The Morgan fingerprint density at radius 2 is 1.86 bits per heavy atom. The molecule has 0 saturated heterocycles. The van der Waals surface area contributed by atoms with Crippen molar-refractivity contribution in [3.8, 4) is 11.5 Å². The summed E-state index contributed by atoms with van der Waals surface area (Å²) in [4.78, 5) is 12.5. The van der Waals surface area contributed by atoms with Crippen molar-refractivity contribution >= 4 is 17.5 Å². The predicted octanol–water partition coefficient (Wildman–Crippen LogP) is 5.58. The summed E-state index contributed by atoms with van der Waals surface area (Å²) in [5, 5.41) is 13.6. The minimum atomic E-state index is -0.330. The zero-order valence-electron chi connectivity index (χ0n) is 17.2. The number of hydrogen-bond acceptors (Lipinski definition) is 4. The van der Waals surface area contributed by atoms with Crippen LogP contribution in [0.1, 0.15) is 49.2 Å². The molecule has 0 radical (unpaired) electrons. The molecule has 0 unspecified atom stereocenters. The predicted molar refractivity (Wildman–Crippen MR) is 116 cm³/mol. The summed E-state index contributed by atoms with van der Waals surface area (Å²) in [5.41, 5.74) is 2.75. The number of aromatic hydroxyl groups is 1. The molecule has 0 aliphatic carbocycles. The van der Waals surface area contributed by atoms with Gasteiger partial charge < -0.3 is 15.2 Å². The molecule has 0 spiro atoms. The number of anilines is 1. The number of carbonyl (C=O) groups is 1. The van der Waals surface area contributed by atoms with Crippen molar-refractivity contribution in [1.29, 1.82) is 0 Å². The van der Waals surface area contributed by atoms with Gasteiger partial charge in [0.1, 0.15) is 0 Å². The first-order chi connectivity index (χ1) is 13.2. The van der Waals surface area contributed by atoms with E-state index >= 15 is 0 Å². The summed E-state index contributed by atoms with van der Waals surface area (Å²) >= 11 is 0. The average Bonchev–Trinajstić information content (AvgIpc) is 2.67. The quantitative estimate of drug-likeness (QED) is 0.357. The maximum atomic E-state index is 12.5. The second kappa shape index (κ2) is 8.79. The molecule has 0 aromatic heterocycles. The summed E-state index contributed by atoms with van der Waals surface area (Å²) in [6, 6.07) is 10.9. The third kappa shape index (κ3) is 5.03. The van der Waals surface area contributed by atoms with Gasteiger partial charge in [-0.1, -0.05) is 19.9 Å². The van der Waals surface area contributed by atoms with E-state index < -0.39 is 0 Å². The standard InChI is InChI=1S/C24H29NO3/c1-7-24(4,5)19-14-18(23(22(27)15-19)28-16(2)3)10-13-21(26)17-8-11-20(25-6)12-9-17/h7-16,25,27H,1H2,2-6H3. The van der Waals surface area contributed by atoms with Gasteiger partial charge in [-0.25, -0.2) is 0 Å². The van der Waals surface area contributed by atoms with E-state index in [1.165, 1.54) is 6.08 Å². The van der Waals surface area contributed by atoms with Crippen LogP contribution in [0.3, 0.4) is 0 Å². The number of ether oxygens (including phenoxy) is 1. The summed E-state index contributed by atoms with van der Waals surface area (Å²) in [6.45, 7) is 11.7. The molecular weight excluding hydrogens is 350 g/mol. The van der Waals surface area contributed by atoms with Crippen molar-refractivity contribution in [2.75, 3.05) is 12.4 Å². The first kappa shape index (κ1) is 21.3. The summed E-state index contributed by atoms with van der Waals surface area (Å²) in [7, 11) is 1.83. The first-order valence-electron chi connectivity index (χ1n) is 9.36. The van der Waals surface area contributed by atoms with Crippen LogP contribution < -0.4 is 10.1 Å². The molecule has 0 bridgehead atoms. The number of allylic oxidation sites excluding steroid dienone is 2. The summed E-state index contributed by atoms with van der Waals surface area (Å²) < 4.78 is 5.80. The van der Waals surface area contributed by atoms with E-state index in [2.05, 4.69) is 11.9 Å². The molecule has 2 aromatic rings. The van der Waals surface area contributed by atoms with Crippen LogP contribution in [0.5, 0.6) is 11.5 Å². The van der Waals surface area contributed by atoms with E-state index in [0.717, 1.165) is 11.3 Å². The van der Waals surface area contributed by atoms with E-state index in [4.69, 9.17) is 4.74 Å². The zero-order chi connectivity index (χ0) is 20.9. The topological polar surface area (TPSA) is 58.6 Å². The van der Waals surface area contributed by atoms with Crippen LogP contribution in [0.25, 0.3) is 6.08 Å². The van der Waals surface area contributed by atoms with Gasteiger partial charge in [-0.3, -0.25) is 4.79 Å². The van der Waals surface area contributed by atoms with Crippen LogP contribution in [-0.2, 0) is 5.41 Å². The molecule has 0 atom stereocenters. The fourth-order valence-corrected chi connectivity index (χ4v) is 2.68. The molecule has 148 valence electrons. The fourth-order valence-electron chi connectivity index (χ4n) is 2.68. The Morgan fingerprint density at radius 1 is 1.21 bits per heavy atom. The largest absolute Gasteiger partial charge is 0.504 e. The minimum Gasteiger partial charge on any atom is -0.504 e. The average molecular weight is 380 g/mol. The lowest BCUT2D eigenvalue weighted by molar-refractivity contribution is 0.104. The first-order valence-corrected chi connectivity index (χ1v) is 9.36. The second-order valence-electron chi connectivity index (χ2n) is 7.53. The summed E-state index contributed by atoms with van der Waals surface area (Å²) in [5.74, 6) is 0.297. The number of phenolic OH excluding ortho intramolecular Hbond substituents is 1. The normalized spacial score (nSPS) is 11.6. The van der Waals surface area contributed by atoms with Crippen molar-refractivity contribution in [3.63, 3.8) is 0 Å². The van der Waals surface area contributed by atoms with E-state index in [1.54, 1.807) is 24.3 Å².